The third-order valence-electron chi connectivity index (χ3n) is 5.25. The van der Waals surface area contributed by atoms with E-state index in [2.05, 4.69) is 24.1 Å². The van der Waals surface area contributed by atoms with Crippen LogP contribution in [0.1, 0.15) is 59.9 Å². The van der Waals surface area contributed by atoms with Gasteiger partial charge in [-0.3, -0.25) is 9.78 Å². The van der Waals surface area contributed by atoms with Gasteiger partial charge in [-0.1, -0.05) is 26.0 Å². The Hall–Kier alpha value is -2.27. The average Bonchev–Trinajstić information content (AvgIpc) is 2.66. The van der Waals surface area contributed by atoms with Crippen LogP contribution in [0.25, 0.3) is 0 Å². The summed E-state index contributed by atoms with van der Waals surface area (Å²) in [5.41, 5.74) is 3.23. The van der Waals surface area contributed by atoms with E-state index in [9.17, 15) is 9.18 Å². The van der Waals surface area contributed by atoms with Gasteiger partial charge < -0.3 is 10.2 Å². The number of carbonyl (C=O) groups is 1. The number of amides is 1. The summed E-state index contributed by atoms with van der Waals surface area (Å²) in [6.45, 7) is 9.97. The lowest BCUT2D eigenvalue weighted by Crippen LogP contribution is -2.36. The normalized spacial score (nSPS) is 15.8. The van der Waals surface area contributed by atoms with E-state index in [0.717, 1.165) is 49.4 Å². The molecular formula is C23H30FN3O. The van der Waals surface area contributed by atoms with E-state index in [1.807, 2.05) is 25.1 Å². The van der Waals surface area contributed by atoms with Crippen LogP contribution in [-0.2, 0) is 6.54 Å². The van der Waals surface area contributed by atoms with E-state index in [4.69, 9.17) is 4.98 Å². The molecule has 5 heteroatoms. The topological polar surface area (TPSA) is 45.2 Å². The molecule has 1 aromatic carbocycles. The summed E-state index contributed by atoms with van der Waals surface area (Å²) in [7, 11) is 0. The van der Waals surface area contributed by atoms with E-state index >= 15 is 0 Å². The van der Waals surface area contributed by atoms with Crippen LogP contribution >= 0.6 is 0 Å². The second kappa shape index (κ2) is 9.28. The number of piperidine rings is 1. The van der Waals surface area contributed by atoms with Crippen LogP contribution in [0.5, 0.6) is 0 Å². The van der Waals surface area contributed by atoms with Gasteiger partial charge in [-0.05, 0) is 68.6 Å². The maximum Gasteiger partial charge on any atom is 0.253 e. The molecule has 0 saturated carbocycles. The fraction of sp³-hybridized carbons (Fsp3) is 0.478. The summed E-state index contributed by atoms with van der Waals surface area (Å²) in [4.78, 5) is 20.1. The largest absolute Gasteiger partial charge is 0.348 e. The highest BCUT2D eigenvalue weighted by Gasteiger charge is 2.26. The third-order valence-corrected chi connectivity index (χ3v) is 5.25. The minimum Gasteiger partial charge on any atom is -0.348 e. The van der Waals surface area contributed by atoms with Crippen molar-refractivity contribution in [3.63, 3.8) is 0 Å². The molecule has 0 unspecified atom stereocenters. The number of benzene rings is 1. The first-order valence-corrected chi connectivity index (χ1v) is 10.1. The van der Waals surface area contributed by atoms with Gasteiger partial charge >= 0.3 is 0 Å². The quantitative estimate of drug-likeness (QED) is 0.809. The standard InChI is InChI=1S/C23H30FN3O/c1-16(2)15-27-11-9-19(10-12-27)22-21(8-7-17(3)26-22)23(28)25-14-18-5-4-6-20(24)13-18/h4-8,13,16,19H,9-12,14-15H2,1-3H3,(H,25,28). The molecule has 0 spiro atoms. The number of nitrogens with one attached hydrogen (secondary N) is 1. The van der Waals surface area contributed by atoms with Crippen LogP contribution in [0, 0.1) is 18.7 Å². The number of aromatic nitrogens is 1. The van der Waals surface area contributed by atoms with Gasteiger partial charge in [0.25, 0.3) is 5.91 Å². The fourth-order valence-electron chi connectivity index (χ4n) is 3.91. The van der Waals surface area contributed by atoms with Crippen LogP contribution in [0.3, 0.4) is 0 Å². The van der Waals surface area contributed by atoms with Gasteiger partial charge in [0.1, 0.15) is 5.82 Å². The Morgan fingerprint density at radius 1 is 1.25 bits per heavy atom. The summed E-state index contributed by atoms with van der Waals surface area (Å²) in [5, 5.41) is 2.92. The van der Waals surface area contributed by atoms with Crippen molar-refractivity contribution in [3.8, 4) is 0 Å². The lowest BCUT2D eigenvalue weighted by molar-refractivity contribution is 0.0947. The molecule has 1 aromatic heterocycles. The third kappa shape index (κ3) is 5.38. The van der Waals surface area contributed by atoms with E-state index < -0.39 is 0 Å². The van der Waals surface area contributed by atoms with Crippen LogP contribution in [-0.4, -0.2) is 35.4 Å². The second-order valence-electron chi connectivity index (χ2n) is 8.17. The lowest BCUT2D eigenvalue weighted by Gasteiger charge is -2.33. The lowest BCUT2D eigenvalue weighted by atomic mass is 9.89. The molecule has 0 bridgehead atoms. The van der Waals surface area contributed by atoms with Gasteiger partial charge in [-0.25, -0.2) is 4.39 Å². The number of hydrogen-bond donors (Lipinski definition) is 1. The van der Waals surface area contributed by atoms with Gasteiger partial charge in [-0.15, -0.1) is 0 Å². The number of halogens is 1. The van der Waals surface area contributed by atoms with Crippen molar-refractivity contribution in [2.24, 2.45) is 5.92 Å². The number of rotatable bonds is 6. The van der Waals surface area contributed by atoms with Gasteiger partial charge in [0.2, 0.25) is 0 Å². The van der Waals surface area contributed by atoms with Crippen molar-refractivity contribution in [2.75, 3.05) is 19.6 Å². The molecule has 1 saturated heterocycles. The van der Waals surface area contributed by atoms with E-state index in [0.29, 0.717) is 23.9 Å². The van der Waals surface area contributed by atoms with Crippen molar-refractivity contribution in [2.45, 2.75) is 46.1 Å². The van der Waals surface area contributed by atoms with E-state index in [-0.39, 0.29) is 11.7 Å². The Balaban J connectivity index is 1.69. The molecule has 4 nitrogen and oxygen atoms in total. The Labute approximate surface area is 167 Å². The molecular weight excluding hydrogens is 353 g/mol. The zero-order valence-corrected chi connectivity index (χ0v) is 17.0. The molecule has 0 radical (unpaired) electrons. The molecule has 1 amide bonds. The van der Waals surface area contributed by atoms with Crippen molar-refractivity contribution in [1.82, 2.24) is 15.2 Å². The zero-order valence-electron chi connectivity index (χ0n) is 17.0. The Kier molecular flexibility index (Phi) is 6.79. The van der Waals surface area contributed by atoms with Gasteiger partial charge in [0.15, 0.2) is 0 Å². The molecule has 2 heterocycles. The SMILES string of the molecule is Cc1ccc(C(=O)NCc2cccc(F)c2)c(C2CCN(CC(C)C)CC2)n1. The van der Waals surface area contributed by atoms with Crippen LogP contribution in [0.2, 0.25) is 0 Å². The average molecular weight is 384 g/mol. The number of hydrogen-bond acceptors (Lipinski definition) is 3. The van der Waals surface area contributed by atoms with Crippen molar-refractivity contribution >= 4 is 5.91 Å². The number of carbonyl (C=O) groups excluding carboxylic acids is 1. The summed E-state index contributed by atoms with van der Waals surface area (Å²) in [5.74, 6) is 0.532. The minimum atomic E-state index is -0.294. The first-order valence-electron chi connectivity index (χ1n) is 10.1. The van der Waals surface area contributed by atoms with Crippen LogP contribution < -0.4 is 5.32 Å². The van der Waals surface area contributed by atoms with E-state index in [1.165, 1.54) is 12.1 Å². The highest BCUT2D eigenvalue weighted by molar-refractivity contribution is 5.95. The van der Waals surface area contributed by atoms with Crippen molar-refractivity contribution in [1.29, 1.82) is 0 Å². The second-order valence-corrected chi connectivity index (χ2v) is 8.17. The molecule has 1 aliphatic heterocycles. The maximum atomic E-state index is 13.3. The predicted molar refractivity (Wildman–Crippen MR) is 110 cm³/mol. The molecule has 1 aliphatic rings. The smallest absolute Gasteiger partial charge is 0.253 e. The summed E-state index contributed by atoms with van der Waals surface area (Å²) in [6.07, 6.45) is 2.04. The van der Waals surface area contributed by atoms with E-state index in [1.54, 1.807) is 6.07 Å². The van der Waals surface area contributed by atoms with Gasteiger partial charge in [0, 0.05) is 24.7 Å². The van der Waals surface area contributed by atoms with Gasteiger partial charge in [-0.2, -0.15) is 0 Å². The molecule has 1 fully saturated rings. The van der Waals surface area contributed by atoms with Crippen molar-refractivity contribution < 1.29 is 9.18 Å². The molecule has 28 heavy (non-hydrogen) atoms. The van der Waals surface area contributed by atoms with Crippen LogP contribution in [0.15, 0.2) is 36.4 Å². The van der Waals surface area contributed by atoms with Crippen LogP contribution in [0.4, 0.5) is 4.39 Å². The molecule has 1 N–H and O–H groups in total. The first kappa shape index (κ1) is 20.5. The first-order chi connectivity index (χ1) is 13.4. The molecule has 2 aromatic rings. The Bertz CT molecular complexity index is 813. The Morgan fingerprint density at radius 3 is 2.68 bits per heavy atom. The monoisotopic (exact) mass is 383 g/mol. The molecule has 150 valence electrons. The highest BCUT2D eigenvalue weighted by Crippen LogP contribution is 2.29. The fourth-order valence-corrected chi connectivity index (χ4v) is 3.91. The maximum absolute atomic E-state index is 13.3. The zero-order chi connectivity index (χ0) is 20.1. The molecule has 0 aliphatic carbocycles. The molecule has 0 atom stereocenters. The Morgan fingerprint density at radius 2 is 2.00 bits per heavy atom. The predicted octanol–water partition coefficient (Wildman–Crippen LogP) is 4.29. The summed E-state index contributed by atoms with van der Waals surface area (Å²) >= 11 is 0. The number of aryl methyl sites for hydroxylation is 1. The number of pyridine rings is 1. The van der Waals surface area contributed by atoms with Crippen molar-refractivity contribution in [3.05, 3.63) is 64.7 Å². The minimum absolute atomic E-state index is 0.142. The summed E-state index contributed by atoms with van der Waals surface area (Å²) < 4.78 is 13.3. The number of nitrogens with zero attached hydrogens (tertiary/aromatic N) is 2. The highest BCUT2D eigenvalue weighted by atomic mass is 19.1. The van der Waals surface area contributed by atoms with Gasteiger partial charge in [0.05, 0.1) is 11.3 Å². The molecule has 3 rings (SSSR count). The number of likely N-dealkylation sites (tertiary alicyclic amines) is 1. The summed E-state index contributed by atoms with van der Waals surface area (Å²) in [6, 6.07) is 10.1.